The number of nitrogens with one attached hydrogen (secondary N) is 3. The van der Waals surface area contributed by atoms with Crippen LogP contribution in [0.4, 0.5) is 0 Å². The van der Waals surface area contributed by atoms with Crippen molar-refractivity contribution in [3.8, 4) is 0 Å². The van der Waals surface area contributed by atoms with E-state index >= 15 is 0 Å². The van der Waals surface area contributed by atoms with Gasteiger partial charge in [0.05, 0.1) is 11.5 Å². The molecule has 108 valence electrons. The van der Waals surface area contributed by atoms with Crippen LogP contribution < -0.4 is 10.0 Å². The first-order valence-corrected chi connectivity index (χ1v) is 8.08. The Labute approximate surface area is 114 Å². The molecule has 2 rings (SSSR count). The van der Waals surface area contributed by atoms with Gasteiger partial charge in [-0.3, -0.25) is 0 Å². The van der Waals surface area contributed by atoms with Crippen LogP contribution in [-0.4, -0.2) is 39.2 Å². The summed E-state index contributed by atoms with van der Waals surface area (Å²) in [6.07, 6.45) is 3.25. The number of H-pyrrole nitrogens is 1. The highest BCUT2D eigenvalue weighted by Gasteiger charge is 2.23. The van der Waals surface area contributed by atoms with Crippen LogP contribution in [0.15, 0.2) is 17.2 Å². The molecule has 1 fully saturated rings. The summed E-state index contributed by atoms with van der Waals surface area (Å²) >= 11 is 0. The average Bonchev–Trinajstić information content (AvgIpc) is 2.86. The van der Waals surface area contributed by atoms with Crippen molar-refractivity contribution in [2.75, 3.05) is 19.8 Å². The van der Waals surface area contributed by atoms with E-state index in [2.05, 4.69) is 15.0 Å². The Kier molecular flexibility index (Phi) is 4.98. The van der Waals surface area contributed by atoms with E-state index in [1.165, 1.54) is 6.20 Å². The van der Waals surface area contributed by atoms with Gasteiger partial charge in [0.2, 0.25) is 10.0 Å². The fourth-order valence-electron chi connectivity index (χ4n) is 2.06. The van der Waals surface area contributed by atoms with Gasteiger partial charge in [0, 0.05) is 31.1 Å². The lowest BCUT2D eigenvalue weighted by Gasteiger charge is -2.22. The predicted molar refractivity (Wildman–Crippen MR) is 72.3 cm³/mol. The van der Waals surface area contributed by atoms with Gasteiger partial charge < -0.3 is 15.0 Å². The van der Waals surface area contributed by atoms with Crippen molar-refractivity contribution in [1.29, 1.82) is 0 Å². The normalized spacial score (nSPS) is 20.6. The smallest absolute Gasteiger partial charge is 0.242 e. The second-order valence-corrected chi connectivity index (χ2v) is 6.39. The van der Waals surface area contributed by atoms with Crippen LogP contribution in [0.25, 0.3) is 0 Å². The summed E-state index contributed by atoms with van der Waals surface area (Å²) in [6.45, 7) is 4.66. The van der Waals surface area contributed by atoms with Crippen LogP contribution in [-0.2, 0) is 21.3 Å². The second-order valence-electron chi connectivity index (χ2n) is 4.68. The molecule has 0 saturated carbocycles. The first kappa shape index (κ1) is 14.5. The van der Waals surface area contributed by atoms with E-state index in [0.29, 0.717) is 13.2 Å². The summed E-state index contributed by atoms with van der Waals surface area (Å²) in [7, 11) is -3.45. The van der Waals surface area contributed by atoms with E-state index in [1.807, 2.05) is 6.92 Å². The standard InChI is InChI=1S/C12H21N3O3S/c1-2-13-7-11-6-12(8-14-11)19(16,17)15-10-4-3-5-18-9-10/h6,8,10,13-15H,2-5,7,9H2,1H3. The minimum Gasteiger partial charge on any atom is -0.380 e. The van der Waals surface area contributed by atoms with Gasteiger partial charge in [0.15, 0.2) is 0 Å². The van der Waals surface area contributed by atoms with Crippen molar-refractivity contribution in [2.45, 2.75) is 37.2 Å². The Balaban J connectivity index is 1.99. The number of hydrogen-bond acceptors (Lipinski definition) is 4. The van der Waals surface area contributed by atoms with Crippen LogP contribution in [0.1, 0.15) is 25.5 Å². The van der Waals surface area contributed by atoms with E-state index in [0.717, 1.165) is 31.7 Å². The Hall–Kier alpha value is -0.890. The molecule has 0 spiro atoms. The number of rotatable bonds is 6. The van der Waals surface area contributed by atoms with Gasteiger partial charge in [-0.05, 0) is 25.5 Å². The quantitative estimate of drug-likeness (QED) is 0.715. The maximum atomic E-state index is 12.2. The highest BCUT2D eigenvalue weighted by Crippen LogP contribution is 2.14. The lowest BCUT2D eigenvalue weighted by atomic mass is 10.1. The van der Waals surface area contributed by atoms with Gasteiger partial charge in [0.25, 0.3) is 0 Å². The zero-order valence-corrected chi connectivity index (χ0v) is 11.9. The van der Waals surface area contributed by atoms with E-state index in [4.69, 9.17) is 4.74 Å². The predicted octanol–water partition coefficient (Wildman–Crippen LogP) is 0.582. The maximum Gasteiger partial charge on any atom is 0.242 e. The van der Waals surface area contributed by atoms with Crippen molar-refractivity contribution in [3.05, 3.63) is 18.0 Å². The summed E-state index contributed by atoms with van der Waals surface area (Å²) in [4.78, 5) is 3.25. The minimum absolute atomic E-state index is 0.120. The molecule has 7 heteroatoms. The van der Waals surface area contributed by atoms with Crippen molar-refractivity contribution in [3.63, 3.8) is 0 Å². The Bertz CT molecular complexity index is 492. The van der Waals surface area contributed by atoms with E-state index in [1.54, 1.807) is 6.07 Å². The third-order valence-electron chi connectivity index (χ3n) is 3.07. The maximum absolute atomic E-state index is 12.2. The fourth-order valence-corrected chi connectivity index (χ4v) is 3.33. The molecule has 1 saturated heterocycles. The molecule has 19 heavy (non-hydrogen) atoms. The van der Waals surface area contributed by atoms with Gasteiger partial charge in [-0.1, -0.05) is 6.92 Å². The summed E-state index contributed by atoms with van der Waals surface area (Å²) in [5, 5.41) is 3.14. The Morgan fingerprint density at radius 1 is 1.53 bits per heavy atom. The molecule has 1 aliphatic rings. The molecule has 1 aromatic rings. The molecule has 0 bridgehead atoms. The topological polar surface area (TPSA) is 83.2 Å². The zero-order chi connectivity index (χ0) is 13.7. The number of aromatic amines is 1. The van der Waals surface area contributed by atoms with Crippen LogP contribution in [0.3, 0.4) is 0 Å². The first-order valence-electron chi connectivity index (χ1n) is 6.60. The Morgan fingerprint density at radius 2 is 2.37 bits per heavy atom. The molecule has 0 aromatic carbocycles. The van der Waals surface area contributed by atoms with Crippen molar-refractivity contribution in [2.24, 2.45) is 0 Å². The second kappa shape index (κ2) is 6.51. The number of hydrogen-bond donors (Lipinski definition) is 3. The number of sulfonamides is 1. The summed E-state index contributed by atoms with van der Waals surface area (Å²) in [5.74, 6) is 0. The van der Waals surface area contributed by atoms with E-state index in [-0.39, 0.29) is 10.9 Å². The van der Waals surface area contributed by atoms with Gasteiger partial charge in [-0.2, -0.15) is 0 Å². The van der Waals surface area contributed by atoms with E-state index in [9.17, 15) is 8.42 Å². The van der Waals surface area contributed by atoms with Gasteiger partial charge in [-0.25, -0.2) is 13.1 Å². The highest BCUT2D eigenvalue weighted by atomic mass is 32.2. The molecule has 0 aliphatic carbocycles. The molecule has 2 heterocycles. The average molecular weight is 287 g/mol. The minimum atomic E-state index is -3.45. The van der Waals surface area contributed by atoms with Crippen LogP contribution in [0.5, 0.6) is 0 Å². The van der Waals surface area contributed by atoms with E-state index < -0.39 is 10.0 Å². The van der Waals surface area contributed by atoms with Crippen molar-refractivity contribution >= 4 is 10.0 Å². The zero-order valence-electron chi connectivity index (χ0n) is 11.1. The summed E-state index contributed by atoms with van der Waals surface area (Å²) < 4.78 is 32.3. The van der Waals surface area contributed by atoms with Crippen LogP contribution in [0.2, 0.25) is 0 Å². The molecule has 1 aromatic heterocycles. The molecule has 3 N–H and O–H groups in total. The monoisotopic (exact) mass is 287 g/mol. The van der Waals surface area contributed by atoms with Gasteiger partial charge >= 0.3 is 0 Å². The van der Waals surface area contributed by atoms with Gasteiger partial charge in [-0.15, -0.1) is 0 Å². The summed E-state index contributed by atoms with van der Waals surface area (Å²) in [5.41, 5.74) is 0.863. The third-order valence-corrected chi connectivity index (χ3v) is 4.57. The number of aromatic nitrogens is 1. The van der Waals surface area contributed by atoms with Crippen LogP contribution >= 0.6 is 0 Å². The fraction of sp³-hybridized carbons (Fsp3) is 0.667. The largest absolute Gasteiger partial charge is 0.380 e. The third kappa shape index (κ3) is 4.04. The molecule has 6 nitrogen and oxygen atoms in total. The molecule has 1 unspecified atom stereocenters. The van der Waals surface area contributed by atoms with Crippen molar-refractivity contribution in [1.82, 2.24) is 15.0 Å². The lowest BCUT2D eigenvalue weighted by molar-refractivity contribution is 0.0774. The first-order chi connectivity index (χ1) is 9.12. The highest BCUT2D eigenvalue weighted by molar-refractivity contribution is 7.89. The molecule has 1 atom stereocenters. The van der Waals surface area contributed by atoms with Gasteiger partial charge in [0.1, 0.15) is 0 Å². The van der Waals surface area contributed by atoms with Crippen molar-refractivity contribution < 1.29 is 13.2 Å². The number of ether oxygens (including phenoxy) is 1. The summed E-state index contributed by atoms with van der Waals surface area (Å²) in [6, 6.07) is 1.54. The molecule has 1 aliphatic heterocycles. The lowest BCUT2D eigenvalue weighted by Crippen LogP contribution is -2.40. The molecular formula is C12H21N3O3S. The SMILES string of the molecule is CCNCc1cc(S(=O)(=O)NC2CCCOC2)c[nH]1. The van der Waals surface area contributed by atoms with Crippen LogP contribution in [0, 0.1) is 0 Å². The molecular weight excluding hydrogens is 266 g/mol. The Morgan fingerprint density at radius 3 is 3.05 bits per heavy atom. The molecule has 0 radical (unpaired) electrons. The molecule has 0 amide bonds.